The summed E-state index contributed by atoms with van der Waals surface area (Å²) in [5.41, 5.74) is 0.447. The highest BCUT2D eigenvalue weighted by atomic mass is 35.5. The van der Waals surface area contributed by atoms with Crippen molar-refractivity contribution in [1.29, 1.82) is 0 Å². The number of aliphatic carboxylic acids is 2. The topological polar surface area (TPSA) is 211 Å². The summed E-state index contributed by atoms with van der Waals surface area (Å²) in [6, 6.07) is 3.20. The highest BCUT2D eigenvalue weighted by molar-refractivity contribution is 6.30. The number of nitrogens with one attached hydrogen (secondary N) is 1. The minimum absolute atomic E-state index is 0.148. The lowest BCUT2D eigenvalue weighted by atomic mass is 10.2. The fourth-order valence-corrected chi connectivity index (χ4v) is 3.50. The summed E-state index contributed by atoms with van der Waals surface area (Å²) in [6.07, 6.45) is -1.90. The summed E-state index contributed by atoms with van der Waals surface area (Å²) < 4.78 is 5.69. The van der Waals surface area contributed by atoms with E-state index in [1.165, 1.54) is 28.4 Å². The Morgan fingerprint density at radius 1 is 1.14 bits per heavy atom. The first-order chi connectivity index (χ1) is 17.5. The number of aliphatic hydroxyl groups excluding tert-OH is 2. The number of carboxylic acid groups (broad SMARTS) is 2. The SMILES string of the molecule is C[NH+]1CCN(C(=O)O[C@H]2c3nccnc3C(=O)N2c2ccc(Cl)cn2)CC1.O=C([O-])[C@H](O)[C@@H](O)C(=O)O. The molecule has 0 aromatic carbocycles. The molecule has 1 saturated heterocycles. The quantitative estimate of drug-likeness (QED) is 0.295. The minimum Gasteiger partial charge on any atom is -0.547 e. The number of aliphatic hydroxyl groups is 2. The zero-order valence-corrected chi connectivity index (χ0v) is 20.1. The molecule has 16 heteroatoms. The van der Waals surface area contributed by atoms with Crippen LogP contribution in [0.3, 0.4) is 0 Å². The van der Waals surface area contributed by atoms with Gasteiger partial charge in [-0.05, 0) is 12.1 Å². The van der Waals surface area contributed by atoms with Crippen LogP contribution in [0.2, 0.25) is 5.02 Å². The zero-order valence-electron chi connectivity index (χ0n) is 19.4. The third kappa shape index (κ3) is 6.45. The maximum atomic E-state index is 12.8. The van der Waals surface area contributed by atoms with Gasteiger partial charge >= 0.3 is 12.1 Å². The predicted molar refractivity (Wildman–Crippen MR) is 120 cm³/mol. The monoisotopic (exact) mass is 538 g/mol. The molecule has 198 valence electrons. The molecule has 0 spiro atoms. The van der Waals surface area contributed by atoms with E-state index in [2.05, 4.69) is 22.0 Å². The number of halogens is 1. The minimum atomic E-state index is -2.38. The van der Waals surface area contributed by atoms with Crippen LogP contribution in [0.25, 0.3) is 0 Å². The molecule has 0 radical (unpaired) electrons. The number of quaternary nitrogens is 1. The van der Waals surface area contributed by atoms with Crippen molar-refractivity contribution in [2.24, 2.45) is 0 Å². The molecule has 15 nitrogen and oxygen atoms in total. The van der Waals surface area contributed by atoms with Crippen LogP contribution in [0.1, 0.15) is 22.4 Å². The van der Waals surface area contributed by atoms with Gasteiger partial charge in [0.25, 0.3) is 5.91 Å². The molecule has 2 aromatic rings. The number of likely N-dealkylation sites (N-methyl/N-ethyl adjacent to an activating group) is 1. The number of carbonyl (C=O) groups is 4. The lowest BCUT2D eigenvalue weighted by Gasteiger charge is -2.31. The van der Waals surface area contributed by atoms with Gasteiger partial charge in [-0.15, -0.1) is 0 Å². The fourth-order valence-electron chi connectivity index (χ4n) is 3.39. The van der Waals surface area contributed by atoms with Crippen LogP contribution in [-0.4, -0.2) is 105 Å². The molecule has 2 aliphatic rings. The summed E-state index contributed by atoms with van der Waals surface area (Å²) >= 11 is 5.89. The molecule has 3 atom stereocenters. The molecule has 1 fully saturated rings. The average molecular weight is 539 g/mol. The average Bonchev–Trinajstić information content (AvgIpc) is 3.15. The van der Waals surface area contributed by atoms with Crippen molar-refractivity contribution in [3.63, 3.8) is 0 Å². The molecule has 4 heterocycles. The lowest BCUT2D eigenvalue weighted by molar-refractivity contribution is -0.883. The molecule has 0 bridgehead atoms. The Balaban J connectivity index is 0.000000325. The van der Waals surface area contributed by atoms with E-state index in [-0.39, 0.29) is 5.69 Å². The molecule has 2 aliphatic heterocycles. The van der Waals surface area contributed by atoms with E-state index in [1.54, 1.807) is 17.0 Å². The van der Waals surface area contributed by atoms with Crippen molar-refractivity contribution >= 4 is 41.4 Å². The van der Waals surface area contributed by atoms with E-state index in [4.69, 9.17) is 31.7 Å². The molecule has 2 amide bonds. The number of carbonyl (C=O) groups excluding carboxylic acids is 3. The van der Waals surface area contributed by atoms with Gasteiger partial charge < -0.3 is 34.9 Å². The van der Waals surface area contributed by atoms with E-state index >= 15 is 0 Å². The van der Waals surface area contributed by atoms with Crippen LogP contribution in [0, 0.1) is 0 Å². The number of fused-ring (bicyclic) bond motifs is 1. The number of hydrogen-bond donors (Lipinski definition) is 4. The summed E-state index contributed by atoms with van der Waals surface area (Å²) in [5.74, 6) is -3.94. The summed E-state index contributed by atoms with van der Waals surface area (Å²) in [5, 5.41) is 34.6. The van der Waals surface area contributed by atoms with Crippen molar-refractivity contribution < 1.29 is 49.2 Å². The van der Waals surface area contributed by atoms with Crippen molar-refractivity contribution in [2.45, 2.75) is 18.4 Å². The Kier molecular flexibility index (Phi) is 8.88. The molecule has 4 N–H and O–H groups in total. The van der Waals surface area contributed by atoms with Gasteiger partial charge in [0.1, 0.15) is 17.6 Å². The first-order valence-electron chi connectivity index (χ1n) is 10.8. The number of ether oxygens (including phenoxy) is 1. The van der Waals surface area contributed by atoms with Crippen molar-refractivity contribution in [1.82, 2.24) is 19.9 Å². The normalized spacial score (nSPS) is 18.8. The number of rotatable bonds is 5. The first kappa shape index (κ1) is 27.7. The maximum Gasteiger partial charge on any atom is 0.412 e. The molecule has 0 unspecified atom stereocenters. The number of piperazine rings is 1. The van der Waals surface area contributed by atoms with E-state index in [1.807, 2.05) is 0 Å². The Morgan fingerprint density at radius 3 is 2.32 bits per heavy atom. The van der Waals surface area contributed by atoms with Gasteiger partial charge in [0, 0.05) is 18.6 Å². The third-order valence-electron chi connectivity index (χ3n) is 5.46. The van der Waals surface area contributed by atoms with Crippen molar-refractivity contribution in [3.05, 3.63) is 47.1 Å². The van der Waals surface area contributed by atoms with Gasteiger partial charge in [0.05, 0.1) is 44.2 Å². The fraction of sp³-hybridized carbons (Fsp3) is 0.381. The second kappa shape index (κ2) is 11.9. The Bertz CT molecular complexity index is 1140. The number of aromatic nitrogens is 3. The van der Waals surface area contributed by atoms with Crippen LogP contribution in [0.4, 0.5) is 10.6 Å². The van der Waals surface area contributed by atoms with Crippen LogP contribution < -0.4 is 14.9 Å². The van der Waals surface area contributed by atoms with Gasteiger partial charge in [-0.2, -0.15) is 0 Å². The Labute approximate surface area is 214 Å². The molecule has 2 aromatic heterocycles. The maximum absolute atomic E-state index is 12.8. The van der Waals surface area contributed by atoms with Gasteiger partial charge in [0.2, 0.25) is 6.23 Å². The number of hydrogen-bond acceptors (Lipinski definition) is 11. The van der Waals surface area contributed by atoms with E-state index in [0.717, 1.165) is 13.1 Å². The smallest absolute Gasteiger partial charge is 0.412 e. The number of carboxylic acids is 2. The molecule has 4 rings (SSSR count). The second-order valence-electron chi connectivity index (χ2n) is 8.03. The second-order valence-corrected chi connectivity index (χ2v) is 8.46. The lowest BCUT2D eigenvalue weighted by Crippen LogP contribution is -3.12. The standard InChI is InChI=1S/C17H17ClN6O3.C4H6O6/c1-22-6-8-23(9-7-22)17(26)27-16-14-13(19-4-5-20-14)15(25)24(16)12-3-2-11(18)10-21-12;5-1(3(7)8)2(6)4(9)10/h2-5,10,16H,6-9H2,1H3;1-2,5-6H,(H,7,8)(H,9,10)/t16-;1-,2-/m01/s1. The van der Waals surface area contributed by atoms with Gasteiger partial charge in [-0.1, -0.05) is 11.6 Å². The Hall–Kier alpha value is -3.92. The summed E-state index contributed by atoms with van der Waals surface area (Å²) in [4.78, 5) is 61.7. The number of nitrogens with zero attached hydrogens (tertiary/aromatic N) is 5. The molecule has 0 saturated carbocycles. The number of amides is 2. The van der Waals surface area contributed by atoms with Gasteiger partial charge in [-0.25, -0.2) is 24.5 Å². The van der Waals surface area contributed by atoms with Crippen LogP contribution in [0.15, 0.2) is 30.7 Å². The number of anilines is 1. The third-order valence-corrected chi connectivity index (χ3v) is 5.68. The van der Waals surface area contributed by atoms with E-state index in [9.17, 15) is 24.3 Å². The van der Waals surface area contributed by atoms with Gasteiger partial charge in [-0.3, -0.25) is 14.7 Å². The Morgan fingerprint density at radius 2 is 1.78 bits per heavy atom. The highest BCUT2D eigenvalue weighted by Gasteiger charge is 2.44. The largest absolute Gasteiger partial charge is 0.547 e. The highest BCUT2D eigenvalue weighted by Crippen LogP contribution is 2.35. The van der Waals surface area contributed by atoms with E-state index in [0.29, 0.717) is 29.6 Å². The van der Waals surface area contributed by atoms with Crippen LogP contribution in [0.5, 0.6) is 0 Å². The van der Waals surface area contributed by atoms with Crippen LogP contribution in [-0.2, 0) is 14.3 Å². The number of pyridine rings is 1. The predicted octanol–water partition coefficient (Wildman–Crippen LogP) is -3.31. The molecular weight excluding hydrogens is 516 g/mol. The van der Waals surface area contributed by atoms with E-state index < -0.39 is 42.4 Å². The summed E-state index contributed by atoms with van der Waals surface area (Å²) in [6.45, 7) is 2.88. The molecular formula is C21H23ClN6O9. The summed E-state index contributed by atoms with van der Waals surface area (Å²) in [7, 11) is 2.08. The first-order valence-corrected chi connectivity index (χ1v) is 11.2. The zero-order chi connectivity index (χ0) is 27.3. The molecule has 37 heavy (non-hydrogen) atoms. The van der Waals surface area contributed by atoms with Crippen LogP contribution >= 0.6 is 11.6 Å². The van der Waals surface area contributed by atoms with Crippen molar-refractivity contribution in [3.8, 4) is 0 Å². The van der Waals surface area contributed by atoms with Crippen molar-refractivity contribution in [2.75, 3.05) is 38.1 Å². The molecule has 0 aliphatic carbocycles. The van der Waals surface area contributed by atoms with Gasteiger partial charge in [0.15, 0.2) is 11.8 Å².